The molecule has 39 heteroatoms. The van der Waals surface area contributed by atoms with Crippen molar-refractivity contribution in [2.75, 3.05) is 64.9 Å². The zero-order valence-electron chi connectivity index (χ0n) is 56.0. The van der Waals surface area contributed by atoms with Crippen molar-refractivity contribution in [1.29, 1.82) is 0 Å². The first-order chi connectivity index (χ1) is 47.6. The van der Waals surface area contributed by atoms with E-state index in [-0.39, 0.29) is 162 Å². The molecule has 0 bridgehead atoms. The Morgan fingerprint density at radius 3 is 1.84 bits per heavy atom. The first-order valence-corrected chi connectivity index (χ1v) is 35.2. The van der Waals surface area contributed by atoms with Crippen LogP contribution < -0.4 is 63.2 Å². The van der Waals surface area contributed by atoms with Crippen molar-refractivity contribution >= 4 is 121 Å². The Morgan fingerprint density at radius 2 is 1.28 bits per heavy atom. The fourth-order valence-corrected chi connectivity index (χ4v) is 13.6. The molecule has 16 N–H and O–H groups in total. The number of carbonyl (C=O) groups excluding carboxylic acids is 12. The number of benzene rings is 2. The van der Waals surface area contributed by atoms with Crippen LogP contribution in [-0.2, 0) is 88.0 Å². The van der Waals surface area contributed by atoms with Crippen LogP contribution in [0.25, 0.3) is 0 Å². The number of likely N-dealkylation sites (N-methyl/N-ethyl adjacent to an activating group) is 1. The van der Waals surface area contributed by atoms with Gasteiger partial charge in [0.05, 0.1) is 54.2 Å². The van der Waals surface area contributed by atoms with Crippen LogP contribution in [-0.4, -0.2) is 247 Å². The summed E-state index contributed by atoms with van der Waals surface area (Å²) in [6.07, 6.45) is 1.60. The molecule has 4 aromatic rings. The summed E-state index contributed by atoms with van der Waals surface area (Å²) in [5, 5.41) is 60.5. The van der Waals surface area contributed by atoms with E-state index < -0.39 is 162 Å². The third-order valence-corrected chi connectivity index (χ3v) is 19.0. The average molecular weight is 1860 g/mol. The minimum absolute atomic E-state index is 0. The second-order valence-corrected chi connectivity index (χ2v) is 27.6. The summed E-state index contributed by atoms with van der Waals surface area (Å²) in [5.74, 6) is -12.8. The van der Waals surface area contributed by atoms with Crippen LogP contribution in [0.1, 0.15) is 55.6 Å². The maximum absolute atomic E-state index is 15.4. The van der Waals surface area contributed by atoms with Gasteiger partial charge in [0.25, 0.3) is 0 Å². The van der Waals surface area contributed by atoms with Crippen LogP contribution in [0.15, 0.2) is 67.5 Å². The Labute approximate surface area is 673 Å². The molecule has 4 heterocycles. The number of halogens is 1. The number of aromatic amines is 2. The predicted octanol–water partition coefficient (Wildman–Crippen LogP) is -3.57. The number of imidazole rings is 2. The van der Waals surface area contributed by atoms with Gasteiger partial charge >= 0.3 is 5.97 Å². The van der Waals surface area contributed by atoms with Gasteiger partial charge in [0.1, 0.15) is 65.9 Å². The summed E-state index contributed by atoms with van der Waals surface area (Å²) in [6.45, 7) is 9.49. The van der Waals surface area contributed by atoms with Crippen LogP contribution in [0.5, 0.6) is 11.5 Å². The van der Waals surface area contributed by atoms with Crippen molar-refractivity contribution in [2.45, 2.75) is 119 Å². The van der Waals surface area contributed by atoms with Crippen molar-refractivity contribution in [3.8, 4) is 11.5 Å². The molecule has 12 amide bonds. The number of phenols is 1. The molecule has 10 atom stereocenters. The van der Waals surface area contributed by atoms with E-state index in [1.165, 1.54) is 57.4 Å². The molecule has 2 aliphatic heterocycles. The number of aliphatic hydroxyl groups is 1. The number of hydrogen-bond acceptors (Lipinski definition) is 21. The number of nitrogens with zero attached hydrogens (tertiary/aromatic N) is 4. The Balaban J connectivity index is 0.0000110. The summed E-state index contributed by atoms with van der Waals surface area (Å²) < 4.78 is 5.66. The van der Waals surface area contributed by atoms with Crippen LogP contribution in [0.2, 0.25) is 0 Å². The molecule has 0 saturated carbocycles. The van der Waals surface area contributed by atoms with Crippen LogP contribution in [0, 0.1) is 103 Å². The molecule has 2 aromatic heterocycles. The van der Waals surface area contributed by atoms with Crippen LogP contribution in [0.3, 0.4) is 0 Å². The smallest absolute Gasteiger partial charge is 0.305 e. The number of aliphatic carboxylic acids is 1. The fraction of sp³-hybridized carbons (Fsp3) is 0.476. The largest absolute Gasteiger partial charge is 0.507 e. The van der Waals surface area contributed by atoms with Crippen LogP contribution >= 0.6 is 44.2 Å². The molecular formula is C63H84Gd2IN17O17S2-2. The number of methoxy groups -OCH3 is 1. The predicted molar refractivity (Wildman–Crippen MR) is 371 cm³/mol. The van der Waals surface area contributed by atoms with E-state index in [0.717, 1.165) is 26.5 Å². The maximum atomic E-state index is 15.4. The molecule has 2 aromatic carbocycles. The van der Waals surface area contributed by atoms with E-state index in [2.05, 4.69) is 92.3 Å². The number of carbonyl (C=O) groups is 13. The zero-order valence-corrected chi connectivity index (χ0v) is 64.3. The van der Waals surface area contributed by atoms with Gasteiger partial charge in [-0.15, -0.1) is 0 Å². The van der Waals surface area contributed by atoms with Gasteiger partial charge in [0.15, 0.2) is 0 Å². The number of aliphatic hydroxyl groups excluding tert-OH is 1. The van der Waals surface area contributed by atoms with E-state index in [4.69, 9.17) is 4.74 Å². The third kappa shape index (κ3) is 29.1. The monoisotopic (exact) mass is 1860 g/mol. The topological polar surface area (TPSA) is 488 Å². The van der Waals surface area contributed by atoms with Crippen LogP contribution in [0.4, 0.5) is 0 Å². The Kier molecular flexibility index (Phi) is 38.0. The molecule has 2 fully saturated rings. The number of H-pyrrole nitrogens is 2. The van der Waals surface area contributed by atoms with E-state index in [9.17, 15) is 68.1 Å². The van der Waals surface area contributed by atoms with E-state index in [0.29, 0.717) is 31.8 Å². The number of amides is 12. The number of fused-ring (bicyclic) bond motifs is 1. The molecular weight excluding hydrogens is 1770 g/mol. The minimum atomic E-state index is -1.91. The number of hydrogen-bond donors (Lipinski definition) is 16. The van der Waals surface area contributed by atoms with Gasteiger partial charge in [0, 0.05) is 187 Å². The van der Waals surface area contributed by atoms with Crippen molar-refractivity contribution < 1.29 is 162 Å². The molecule has 2 saturated heterocycles. The number of ether oxygens (including phenoxy) is 1. The molecule has 0 radical (unpaired) electrons. The zero-order chi connectivity index (χ0) is 73.2. The summed E-state index contributed by atoms with van der Waals surface area (Å²) >= 11 is 1.83. The van der Waals surface area contributed by atoms with Gasteiger partial charge in [-0.25, -0.2) is 9.97 Å². The number of aromatic hydroxyl groups is 1. The number of aromatic nitrogens is 4. The number of nitrogens with one attached hydrogen (secondary N) is 13. The maximum Gasteiger partial charge on any atom is 0.305 e. The number of carboxylic acids is 1. The molecule has 0 spiro atoms. The number of carboxylic acid groups (broad SMARTS) is 1. The summed E-state index contributed by atoms with van der Waals surface area (Å²) in [5.41, 5.74) is 1.64. The van der Waals surface area contributed by atoms with Crippen molar-refractivity contribution in [1.82, 2.24) is 88.2 Å². The van der Waals surface area contributed by atoms with E-state index in [1.807, 2.05) is 22.6 Å². The molecule has 6 rings (SSSR count). The summed E-state index contributed by atoms with van der Waals surface area (Å²) in [4.78, 5) is 198. The summed E-state index contributed by atoms with van der Waals surface area (Å²) in [7, 11) is 4.60. The quantitative estimate of drug-likeness (QED) is 0.0142. The van der Waals surface area contributed by atoms with E-state index in [1.54, 1.807) is 43.0 Å². The SMILES string of the molecule is [CH2-]C(=O)NCCN(CCNC([CH2-])=O)CC(=O)N[C@@H](Cc1ccc(OC)cc1)C(=O)N[C@@H](Cc1cnc[nH]1)C(=O)N[C@H]1CSSC[C@@H](C(=O)N[C@@H](Cc2cnc[nH]2)C(=O)NC)NC(=O)[C@H](CC(C)C)NC(=O)[C@H](CC(=O)O)NC(=O)[C@H](Cc2ccc(O)c(I)c2)NC(=O)[C@@H]2CC(O)CN2C1=O.[Gd].[Gd]. The fourth-order valence-electron chi connectivity index (χ4n) is 10.7. The third-order valence-electron chi connectivity index (χ3n) is 15.7. The number of phenolic OH excluding ortho intramolecular Hbond substituents is 1. The molecule has 102 heavy (non-hydrogen) atoms. The van der Waals surface area contributed by atoms with Gasteiger partial charge in [0.2, 0.25) is 59.1 Å². The Bertz CT molecular complexity index is 3500. The second kappa shape index (κ2) is 44.2. The number of rotatable bonds is 29. The van der Waals surface area contributed by atoms with Gasteiger partial charge < -0.3 is 117 Å². The minimum Gasteiger partial charge on any atom is -0.507 e. The van der Waals surface area contributed by atoms with Crippen molar-refractivity contribution in [3.63, 3.8) is 0 Å². The molecule has 1 unspecified atom stereocenters. The Hall–Kier alpha value is -6.69. The average Bonchev–Trinajstić information content (AvgIpc) is 1.65. The first-order valence-electron chi connectivity index (χ1n) is 31.6. The Morgan fingerprint density at radius 1 is 0.725 bits per heavy atom. The molecule has 560 valence electrons. The normalized spacial score (nSPS) is 19.9. The first kappa shape index (κ1) is 87.7. The molecule has 34 nitrogen and oxygen atoms in total. The molecule has 2 aliphatic rings. The molecule has 0 aliphatic carbocycles. The summed E-state index contributed by atoms with van der Waals surface area (Å²) in [6, 6.07) is -3.38. The van der Waals surface area contributed by atoms with Gasteiger partial charge in [-0.05, 0) is 70.3 Å². The van der Waals surface area contributed by atoms with Gasteiger partial charge in [-0.3, -0.25) is 57.6 Å². The standard InChI is InChI=1S/C63H84IN17O17S2.2Gd/c1-33(2)17-43-56(90)78-49(61(95)74-46(55(89)65-5)21-38-25-66-31-70-38)29-99-100-30-50(63(97)81-27-40(84)23-51(81)62(96)77-45(20-37-9-12-52(85)42(64)18-37)58(92)76-48(24-54(87)88)60(94)73-43)79-59(93)47(22-39-26-67-32-71-39)75-57(91)44(19-36-7-10-41(98-6)11-8-36)72-53(86)28-80(15-13-68-34(3)82)16-14-69-35(4)83;;/h7-12,18,25-26,31-33,40,43-51,84-85H,3-4,13-17,19-24,27-30H2,1-2,5-6H3,(H,65,89)(H,66,70)(H,67,71)(H,68,82)(H,69,83)(H,72,86)(H,73,94)(H,74,95)(H,75,91)(H,76,92)(H,77,96)(H,78,90)(H,79,93)(H,87,88);;/q-2;;/t40?,43-,44-,45-,46-,47-,48-,49-,50-,51-;;/m0../s1. The van der Waals surface area contributed by atoms with E-state index >= 15 is 9.59 Å². The second-order valence-electron chi connectivity index (χ2n) is 23.9. The van der Waals surface area contributed by atoms with Gasteiger partial charge in [-0.2, -0.15) is 0 Å². The van der Waals surface area contributed by atoms with Crippen molar-refractivity contribution in [2.24, 2.45) is 5.92 Å². The van der Waals surface area contributed by atoms with Crippen molar-refractivity contribution in [3.05, 3.63) is 107 Å². The van der Waals surface area contributed by atoms with Gasteiger partial charge in [-0.1, -0.05) is 53.6 Å².